The van der Waals surface area contributed by atoms with Gasteiger partial charge in [-0.1, -0.05) is 31.4 Å². The summed E-state index contributed by atoms with van der Waals surface area (Å²) in [7, 11) is 0. The Morgan fingerprint density at radius 3 is 2.35 bits per heavy atom. The van der Waals surface area contributed by atoms with Crippen molar-refractivity contribution in [3.05, 3.63) is 28.8 Å². The van der Waals surface area contributed by atoms with Gasteiger partial charge in [-0.3, -0.25) is 4.79 Å². The van der Waals surface area contributed by atoms with Crippen LogP contribution < -0.4 is 4.74 Å². The fraction of sp³-hybridized carbons (Fsp3) is 0.588. The Balaban J connectivity index is 2.01. The minimum Gasteiger partial charge on any atom is -0.493 e. The lowest BCUT2D eigenvalue weighted by molar-refractivity contribution is -0.136. The van der Waals surface area contributed by atoms with Crippen molar-refractivity contribution in [3.8, 4) is 5.75 Å². The lowest BCUT2D eigenvalue weighted by atomic mass is 9.90. The number of rotatable bonds is 5. The van der Waals surface area contributed by atoms with Crippen LogP contribution >= 0.6 is 0 Å². The molecule has 1 aliphatic rings. The fourth-order valence-corrected chi connectivity index (χ4v) is 3.10. The summed E-state index contributed by atoms with van der Waals surface area (Å²) in [6.45, 7) is 4.78. The van der Waals surface area contributed by atoms with Gasteiger partial charge in [0.25, 0.3) is 0 Å². The molecule has 2 rings (SSSR count). The van der Waals surface area contributed by atoms with Gasteiger partial charge >= 0.3 is 5.97 Å². The second-order valence-electron chi connectivity index (χ2n) is 5.94. The molecule has 1 aromatic rings. The number of aliphatic carboxylic acids is 1. The minimum atomic E-state index is -0.792. The van der Waals surface area contributed by atoms with Crippen LogP contribution in [0.1, 0.15) is 48.8 Å². The van der Waals surface area contributed by atoms with Crippen molar-refractivity contribution in [1.29, 1.82) is 0 Å². The van der Waals surface area contributed by atoms with Gasteiger partial charge < -0.3 is 9.84 Å². The zero-order valence-electron chi connectivity index (χ0n) is 12.4. The third kappa shape index (κ3) is 3.99. The molecule has 1 saturated carbocycles. The monoisotopic (exact) mass is 276 g/mol. The van der Waals surface area contributed by atoms with Crippen LogP contribution in [0.3, 0.4) is 0 Å². The van der Waals surface area contributed by atoms with Crippen molar-refractivity contribution in [1.82, 2.24) is 0 Å². The summed E-state index contributed by atoms with van der Waals surface area (Å²) in [5.41, 5.74) is 2.92. The Labute approximate surface area is 121 Å². The molecule has 20 heavy (non-hydrogen) atoms. The number of ether oxygens (including phenoxy) is 1. The van der Waals surface area contributed by atoms with Gasteiger partial charge in [0.15, 0.2) is 0 Å². The lowest BCUT2D eigenvalue weighted by Crippen LogP contribution is -2.16. The van der Waals surface area contributed by atoms with E-state index in [4.69, 9.17) is 9.84 Å². The quantitative estimate of drug-likeness (QED) is 0.887. The maximum atomic E-state index is 10.8. The highest BCUT2D eigenvalue weighted by molar-refractivity contribution is 5.70. The number of carbonyl (C=O) groups is 1. The second kappa shape index (κ2) is 6.78. The van der Waals surface area contributed by atoms with E-state index in [-0.39, 0.29) is 6.42 Å². The molecule has 0 aromatic heterocycles. The molecule has 1 fully saturated rings. The molecule has 0 unspecified atom stereocenters. The molecular weight excluding hydrogens is 252 g/mol. The molecule has 110 valence electrons. The predicted molar refractivity (Wildman–Crippen MR) is 79.3 cm³/mol. The van der Waals surface area contributed by atoms with Crippen molar-refractivity contribution in [2.75, 3.05) is 6.61 Å². The largest absolute Gasteiger partial charge is 0.493 e. The van der Waals surface area contributed by atoms with Gasteiger partial charge in [0.1, 0.15) is 5.75 Å². The van der Waals surface area contributed by atoms with Crippen LogP contribution in [0.2, 0.25) is 0 Å². The molecule has 3 heteroatoms. The van der Waals surface area contributed by atoms with Gasteiger partial charge in [0, 0.05) is 0 Å². The molecule has 1 aromatic carbocycles. The molecule has 0 saturated heterocycles. The molecular formula is C17H24O3. The van der Waals surface area contributed by atoms with E-state index in [2.05, 4.69) is 0 Å². The van der Waals surface area contributed by atoms with Crippen molar-refractivity contribution in [2.24, 2.45) is 5.92 Å². The highest BCUT2D eigenvalue weighted by Crippen LogP contribution is 2.28. The Morgan fingerprint density at radius 2 is 1.80 bits per heavy atom. The molecule has 0 radical (unpaired) electrons. The highest BCUT2D eigenvalue weighted by Gasteiger charge is 2.15. The molecule has 1 aliphatic carbocycles. The van der Waals surface area contributed by atoms with Crippen LogP contribution in [0.25, 0.3) is 0 Å². The van der Waals surface area contributed by atoms with Crippen molar-refractivity contribution in [3.63, 3.8) is 0 Å². The number of carboxylic acid groups (broad SMARTS) is 1. The SMILES string of the molecule is Cc1cc(CC(=O)O)cc(C)c1OCC1CCCCC1. The summed E-state index contributed by atoms with van der Waals surface area (Å²) in [5, 5.41) is 8.86. The Morgan fingerprint density at radius 1 is 1.20 bits per heavy atom. The molecule has 0 amide bonds. The van der Waals surface area contributed by atoms with Crippen LogP contribution in [-0.2, 0) is 11.2 Å². The van der Waals surface area contributed by atoms with E-state index >= 15 is 0 Å². The first-order chi connectivity index (χ1) is 9.56. The number of hydrogen-bond donors (Lipinski definition) is 1. The number of aryl methyl sites for hydroxylation is 2. The van der Waals surface area contributed by atoms with E-state index in [0.29, 0.717) is 5.92 Å². The summed E-state index contributed by atoms with van der Waals surface area (Å²) in [6, 6.07) is 3.86. The molecule has 0 bridgehead atoms. The summed E-state index contributed by atoms with van der Waals surface area (Å²) >= 11 is 0. The maximum absolute atomic E-state index is 10.8. The van der Waals surface area contributed by atoms with Crippen LogP contribution in [0.15, 0.2) is 12.1 Å². The van der Waals surface area contributed by atoms with Crippen LogP contribution in [0, 0.1) is 19.8 Å². The van der Waals surface area contributed by atoms with E-state index in [1.165, 1.54) is 32.1 Å². The molecule has 1 N–H and O–H groups in total. The van der Waals surface area contributed by atoms with E-state index < -0.39 is 5.97 Å². The van der Waals surface area contributed by atoms with E-state index in [9.17, 15) is 4.79 Å². The average molecular weight is 276 g/mol. The number of carboxylic acids is 1. The van der Waals surface area contributed by atoms with Gasteiger partial charge in [-0.25, -0.2) is 0 Å². The predicted octanol–water partition coefficient (Wildman–Crippen LogP) is 3.89. The normalized spacial score (nSPS) is 16.1. The van der Waals surface area contributed by atoms with Crippen LogP contribution in [-0.4, -0.2) is 17.7 Å². The van der Waals surface area contributed by atoms with E-state index in [0.717, 1.165) is 29.0 Å². The first-order valence-electron chi connectivity index (χ1n) is 7.51. The summed E-state index contributed by atoms with van der Waals surface area (Å²) in [4.78, 5) is 10.8. The summed E-state index contributed by atoms with van der Waals surface area (Å²) in [6.07, 6.45) is 6.63. The minimum absolute atomic E-state index is 0.0740. The first kappa shape index (κ1) is 14.9. The Kier molecular flexibility index (Phi) is 5.05. The van der Waals surface area contributed by atoms with Gasteiger partial charge in [0.2, 0.25) is 0 Å². The maximum Gasteiger partial charge on any atom is 0.307 e. The average Bonchev–Trinajstić information content (AvgIpc) is 2.38. The number of benzene rings is 1. The molecule has 0 aliphatic heterocycles. The van der Waals surface area contributed by atoms with Crippen molar-refractivity contribution >= 4 is 5.97 Å². The van der Waals surface area contributed by atoms with E-state index in [1.807, 2.05) is 26.0 Å². The molecule has 3 nitrogen and oxygen atoms in total. The topological polar surface area (TPSA) is 46.5 Å². The summed E-state index contributed by atoms with van der Waals surface area (Å²) in [5.74, 6) is 0.825. The fourth-order valence-electron chi connectivity index (χ4n) is 3.10. The van der Waals surface area contributed by atoms with E-state index in [1.54, 1.807) is 0 Å². The number of hydrogen-bond acceptors (Lipinski definition) is 2. The third-order valence-electron chi connectivity index (χ3n) is 4.06. The Hall–Kier alpha value is -1.51. The highest BCUT2D eigenvalue weighted by atomic mass is 16.5. The van der Waals surface area contributed by atoms with Gasteiger partial charge in [-0.2, -0.15) is 0 Å². The van der Waals surface area contributed by atoms with Gasteiger partial charge in [-0.05, 0) is 49.3 Å². The molecule has 0 atom stereocenters. The van der Waals surface area contributed by atoms with Gasteiger partial charge in [0.05, 0.1) is 13.0 Å². The van der Waals surface area contributed by atoms with Crippen molar-refractivity contribution < 1.29 is 14.6 Å². The van der Waals surface area contributed by atoms with Crippen LogP contribution in [0.5, 0.6) is 5.75 Å². The van der Waals surface area contributed by atoms with Crippen LogP contribution in [0.4, 0.5) is 0 Å². The zero-order valence-corrected chi connectivity index (χ0v) is 12.4. The third-order valence-corrected chi connectivity index (χ3v) is 4.06. The smallest absolute Gasteiger partial charge is 0.307 e. The molecule has 0 heterocycles. The van der Waals surface area contributed by atoms with Crippen molar-refractivity contribution in [2.45, 2.75) is 52.4 Å². The molecule has 0 spiro atoms. The van der Waals surface area contributed by atoms with Gasteiger partial charge in [-0.15, -0.1) is 0 Å². The summed E-state index contributed by atoms with van der Waals surface area (Å²) < 4.78 is 6.02. The first-order valence-corrected chi connectivity index (χ1v) is 7.51. The second-order valence-corrected chi connectivity index (χ2v) is 5.94. The standard InChI is InChI=1S/C17H24O3/c1-12-8-15(10-16(18)19)9-13(2)17(12)20-11-14-6-4-3-5-7-14/h8-9,14H,3-7,10-11H2,1-2H3,(H,18,19). The Bertz CT molecular complexity index is 450. The lowest BCUT2D eigenvalue weighted by Gasteiger charge is -2.23. The zero-order chi connectivity index (χ0) is 14.5.